The van der Waals surface area contributed by atoms with Gasteiger partial charge in [0.2, 0.25) is 10.0 Å². The number of aromatic carboxylic acids is 1. The molecule has 2 N–H and O–H groups in total. The van der Waals surface area contributed by atoms with Crippen LogP contribution in [0, 0.1) is 5.82 Å². The number of sulfonamides is 1. The smallest absolute Gasteiger partial charge is 0.338 e. The van der Waals surface area contributed by atoms with Crippen molar-refractivity contribution in [2.24, 2.45) is 0 Å². The lowest BCUT2D eigenvalue weighted by molar-refractivity contribution is 0.0691. The zero-order chi connectivity index (χ0) is 15.5. The molecule has 0 saturated heterocycles. The maximum absolute atomic E-state index is 13.9. The lowest BCUT2D eigenvalue weighted by Crippen LogP contribution is -2.32. The van der Waals surface area contributed by atoms with E-state index in [4.69, 9.17) is 21.4 Å². The monoisotopic (exact) mass is 325 g/mol. The molecule has 0 aromatic heterocycles. The van der Waals surface area contributed by atoms with Gasteiger partial charge in [0.15, 0.2) is 5.82 Å². The number of methoxy groups -OCH3 is 1. The second kappa shape index (κ2) is 6.49. The molecule has 112 valence electrons. The average molecular weight is 326 g/mol. The second-order valence-corrected chi connectivity index (χ2v) is 6.14. The number of carbonyl (C=O) groups is 1. The number of hydrogen-bond acceptors (Lipinski definition) is 4. The van der Waals surface area contributed by atoms with Crippen LogP contribution in [0.3, 0.4) is 0 Å². The standard InChI is InChI=1S/C11H13ClFNO5S/c1-6(19-2)5-14-20(17,18)9-4-7(12)3-8(10(9)13)11(15)16/h3-4,6,14H,5H2,1-2H3,(H,15,16). The van der Waals surface area contributed by atoms with Gasteiger partial charge in [-0.15, -0.1) is 0 Å². The Kier molecular flexibility index (Phi) is 5.46. The highest BCUT2D eigenvalue weighted by Gasteiger charge is 2.25. The predicted octanol–water partition coefficient (Wildman–Crippen LogP) is 1.49. The summed E-state index contributed by atoms with van der Waals surface area (Å²) in [4.78, 5) is 10.0. The van der Waals surface area contributed by atoms with Crippen molar-refractivity contribution in [3.63, 3.8) is 0 Å². The van der Waals surface area contributed by atoms with E-state index in [1.165, 1.54) is 7.11 Å². The molecule has 0 fully saturated rings. The van der Waals surface area contributed by atoms with E-state index < -0.39 is 38.4 Å². The second-order valence-electron chi connectivity index (χ2n) is 3.97. The average Bonchev–Trinajstić information content (AvgIpc) is 2.37. The van der Waals surface area contributed by atoms with Crippen molar-refractivity contribution in [1.29, 1.82) is 0 Å². The maximum Gasteiger partial charge on any atom is 0.338 e. The molecule has 9 heteroatoms. The molecule has 0 radical (unpaired) electrons. The molecule has 6 nitrogen and oxygen atoms in total. The summed E-state index contributed by atoms with van der Waals surface area (Å²) < 4.78 is 44.8. The molecule has 20 heavy (non-hydrogen) atoms. The number of carboxylic acid groups (broad SMARTS) is 1. The Bertz CT molecular complexity index is 619. The van der Waals surface area contributed by atoms with Gasteiger partial charge in [0.05, 0.1) is 11.7 Å². The number of carboxylic acids is 1. The van der Waals surface area contributed by atoms with Crippen molar-refractivity contribution in [2.75, 3.05) is 13.7 Å². The van der Waals surface area contributed by atoms with Crippen LogP contribution in [0.25, 0.3) is 0 Å². The van der Waals surface area contributed by atoms with E-state index in [-0.39, 0.29) is 11.6 Å². The molecule has 0 bridgehead atoms. The molecule has 0 heterocycles. The molecule has 0 aliphatic carbocycles. The fourth-order valence-corrected chi connectivity index (χ4v) is 2.82. The zero-order valence-corrected chi connectivity index (χ0v) is 12.3. The van der Waals surface area contributed by atoms with Crippen LogP contribution in [0.5, 0.6) is 0 Å². The van der Waals surface area contributed by atoms with E-state index in [0.717, 1.165) is 12.1 Å². The molecule has 0 aliphatic rings. The summed E-state index contributed by atoms with van der Waals surface area (Å²) in [5.41, 5.74) is -0.808. The number of hydrogen-bond donors (Lipinski definition) is 2. The van der Waals surface area contributed by atoms with Gasteiger partial charge in [-0.2, -0.15) is 0 Å². The summed E-state index contributed by atoms with van der Waals surface area (Å²) in [5, 5.41) is 8.61. The van der Waals surface area contributed by atoms with E-state index in [1.54, 1.807) is 6.92 Å². The minimum atomic E-state index is -4.23. The molecule has 1 aromatic carbocycles. The highest BCUT2D eigenvalue weighted by molar-refractivity contribution is 7.89. The maximum atomic E-state index is 13.9. The van der Waals surface area contributed by atoms with Gasteiger partial charge < -0.3 is 9.84 Å². The van der Waals surface area contributed by atoms with Gasteiger partial charge in [0.25, 0.3) is 0 Å². The van der Waals surface area contributed by atoms with Crippen molar-refractivity contribution < 1.29 is 27.4 Å². The van der Waals surface area contributed by atoms with Crippen LogP contribution in [-0.2, 0) is 14.8 Å². The molecule has 0 amide bonds. The topological polar surface area (TPSA) is 92.7 Å². The molecule has 1 atom stereocenters. The fourth-order valence-electron chi connectivity index (χ4n) is 1.30. The fraction of sp³-hybridized carbons (Fsp3) is 0.364. The van der Waals surface area contributed by atoms with Crippen LogP contribution < -0.4 is 4.72 Å². The Labute approximate surface area is 120 Å². The Hall–Kier alpha value is -1.22. The van der Waals surface area contributed by atoms with E-state index in [9.17, 15) is 17.6 Å². The van der Waals surface area contributed by atoms with E-state index in [2.05, 4.69) is 4.72 Å². The van der Waals surface area contributed by atoms with Gasteiger partial charge in [-0.3, -0.25) is 0 Å². The quantitative estimate of drug-likeness (QED) is 0.826. The highest BCUT2D eigenvalue weighted by Crippen LogP contribution is 2.23. The molecular weight excluding hydrogens is 313 g/mol. The number of rotatable bonds is 6. The molecule has 0 spiro atoms. The van der Waals surface area contributed by atoms with Gasteiger partial charge in [0, 0.05) is 18.7 Å². The van der Waals surface area contributed by atoms with Gasteiger partial charge >= 0.3 is 5.97 Å². The first-order chi connectivity index (χ1) is 9.19. The first-order valence-electron chi connectivity index (χ1n) is 5.44. The van der Waals surface area contributed by atoms with Gasteiger partial charge in [-0.05, 0) is 19.1 Å². The number of ether oxygens (including phenoxy) is 1. The van der Waals surface area contributed by atoms with Gasteiger partial charge in [-0.25, -0.2) is 22.3 Å². The summed E-state index contributed by atoms with van der Waals surface area (Å²) in [6, 6.07) is 1.69. The third kappa shape index (κ3) is 3.89. The first-order valence-corrected chi connectivity index (χ1v) is 7.30. The van der Waals surface area contributed by atoms with Crippen LogP contribution in [0.15, 0.2) is 17.0 Å². The van der Waals surface area contributed by atoms with Crippen molar-refractivity contribution in [1.82, 2.24) is 4.72 Å². The molecule has 1 rings (SSSR count). The minimum Gasteiger partial charge on any atom is -0.478 e. The summed E-state index contributed by atoms with van der Waals surface area (Å²) in [6.45, 7) is 1.52. The van der Waals surface area contributed by atoms with Crippen LogP contribution in [0.2, 0.25) is 5.02 Å². The molecule has 0 saturated carbocycles. The van der Waals surface area contributed by atoms with E-state index >= 15 is 0 Å². The predicted molar refractivity (Wildman–Crippen MR) is 70.0 cm³/mol. The summed E-state index contributed by atoms with van der Waals surface area (Å²) >= 11 is 5.62. The number of benzene rings is 1. The van der Waals surface area contributed by atoms with Gasteiger partial charge in [-0.1, -0.05) is 11.6 Å². The lowest BCUT2D eigenvalue weighted by atomic mass is 10.2. The Morgan fingerprint density at radius 2 is 2.15 bits per heavy atom. The van der Waals surface area contributed by atoms with Crippen molar-refractivity contribution in [3.05, 3.63) is 28.5 Å². The van der Waals surface area contributed by atoms with Gasteiger partial charge in [0.1, 0.15) is 4.90 Å². The van der Waals surface area contributed by atoms with Crippen molar-refractivity contribution in [3.8, 4) is 0 Å². The minimum absolute atomic E-state index is 0.0901. The third-order valence-corrected chi connectivity index (χ3v) is 4.13. The molecular formula is C11H13ClFNO5S. The molecule has 1 unspecified atom stereocenters. The first kappa shape index (κ1) is 16.8. The molecule has 0 aliphatic heterocycles. The highest BCUT2D eigenvalue weighted by atomic mass is 35.5. The lowest BCUT2D eigenvalue weighted by Gasteiger charge is -2.12. The normalized spacial score (nSPS) is 13.2. The number of halogens is 2. The van der Waals surface area contributed by atoms with Crippen LogP contribution in [0.1, 0.15) is 17.3 Å². The largest absolute Gasteiger partial charge is 0.478 e. The zero-order valence-electron chi connectivity index (χ0n) is 10.7. The Morgan fingerprint density at radius 3 is 2.65 bits per heavy atom. The third-order valence-electron chi connectivity index (χ3n) is 2.49. The van der Waals surface area contributed by atoms with Crippen LogP contribution in [0.4, 0.5) is 4.39 Å². The Morgan fingerprint density at radius 1 is 1.55 bits per heavy atom. The van der Waals surface area contributed by atoms with E-state index in [0.29, 0.717) is 0 Å². The Balaban J connectivity index is 3.21. The summed E-state index contributed by atoms with van der Waals surface area (Å²) in [6.07, 6.45) is -0.425. The summed E-state index contributed by atoms with van der Waals surface area (Å²) in [7, 11) is -2.84. The number of nitrogens with one attached hydrogen (secondary N) is 1. The SMILES string of the molecule is COC(C)CNS(=O)(=O)c1cc(Cl)cc(C(=O)O)c1F. The molecule has 1 aromatic rings. The van der Waals surface area contributed by atoms with Crippen LogP contribution >= 0.6 is 11.6 Å². The van der Waals surface area contributed by atoms with Crippen LogP contribution in [-0.4, -0.2) is 39.3 Å². The van der Waals surface area contributed by atoms with Crippen molar-refractivity contribution >= 4 is 27.6 Å². The van der Waals surface area contributed by atoms with Crippen molar-refractivity contribution in [2.45, 2.75) is 17.9 Å². The summed E-state index contributed by atoms with van der Waals surface area (Å²) in [5.74, 6) is -2.97. The van der Waals surface area contributed by atoms with E-state index in [1.807, 2.05) is 0 Å².